The SMILES string of the molecule is c1ccc(-c2ccccc2N(c2cccc3c2oc2ccccc23)c2c3ccccc3c(N(c3ccccc3-c3ccccc3)c3cccc4c3oc3ccccc34)c3c2oc2ccccc23)cc1. The minimum Gasteiger partial charge on any atom is -0.454 e. The Kier molecular flexibility index (Phi) is 8.83. The molecule has 14 aromatic rings. The van der Waals surface area contributed by atoms with Gasteiger partial charge in [-0.2, -0.15) is 0 Å². The number of benzene rings is 11. The van der Waals surface area contributed by atoms with E-state index < -0.39 is 0 Å². The van der Waals surface area contributed by atoms with Gasteiger partial charge in [-0.05, 0) is 53.6 Å². The molecule has 0 saturated heterocycles. The van der Waals surface area contributed by atoms with E-state index in [0.29, 0.717) is 0 Å². The fourth-order valence-corrected chi connectivity index (χ4v) is 10.7. The van der Waals surface area contributed by atoms with Crippen LogP contribution in [-0.4, -0.2) is 0 Å². The summed E-state index contributed by atoms with van der Waals surface area (Å²) in [7, 11) is 0. The van der Waals surface area contributed by atoms with Crippen molar-refractivity contribution >= 4 is 111 Å². The third kappa shape index (κ3) is 6.04. The zero-order valence-electron chi connectivity index (χ0n) is 37.2. The number of fused-ring (bicyclic) bond motifs is 10. The molecule has 14 rings (SSSR count). The summed E-state index contributed by atoms with van der Waals surface area (Å²) in [4.78, 5) is 4.80. The number of furan rings is 3. The van der Waals surface area contributed by atoms with E-state index in [9.17, 15) is 0 Å². The van der Waals surface area contributed by atoms with Crippen molar-refractivity contribution in [2.24, 2.45) is 0 Å². The number of hydrogen-bond acceptors (Lipinski definition) is 5. The Labute approximate surface area is 396 Å². The van der Waals surface area contributed by atoms with Crippen molar-refractivity contribution < 1.29 is 13.3 Å². The summed E-state index contributed by atoms with van der Waals surface area (Å²) in [6.07, 6.45) is 0. The van der Waals surface area contributed by atoms with Crippen molar-refractivity contribution in [2.45, 2.75) is 0 Å². The van der Waals surface area contributed by atoms with E-state index in [2.05, 4.69) is 234 Å². The standard InChI is InChI=1S/C64H40N2O3/c1-3-21-41(22-4-1)43-25-9-14-34-52(43)65(54-36-19-32-49-45-27-11-16-38-56(45)67-62(49)54)60-47-29-7-8-30-48(47)61(64-59(60)51-31-13-18-40-58(51)69-64)66(53-35-15-10-26-44(53)42-23-5-2-6-24-42)55-37-20-33-50-46-28-12-17-39-57(46)68-63(50)55/h1-40H. The van der Waals surface area contributed by atoms with Gasteiger partial charge < -0.3 is 23.1 Å². The van der Waals surface area contributed by atoms with Crippen LogP contribution in [0.4, 0.5) is 34.1 Å². The van der Waals surface area contributed by atoms with Crippen molar-refractivity contribution in [3.05, 3.63) is 243 Å². The van der Waals surface area contributed by atoms with E-state index in [0.717, 1.165) is 133 Å². The second-order valence-electron chi connectivity index (χ2n) is 17.5. The van der Waals surface area contributed by atoms with Gasteiger partial charge in [0.05, 0.1) is 39.5 Å². The Morgan fingerprint density at radius 2 is 0.580 bits per heavy atom. The molecule has 0 bridgehead atoms. The predicted octanol–water partition coefficient (Wildman–Crippen LogP) is 18.8. The highest BCUT2D eigenvalue weighted by Gasteiger charge is 2.33. The molecule has 0 spiro atoms. The summed E-state index contributed by atoms with van der Waals surface area (Å²) in [5.74, 6) is 0. The van der Waals surface area contributed by atoms with Crippen LogP contribution in [0, 0.1) is 0 Å². The summed E-state index contributed by atoms with van der Waals surface area (Å²) in [6, 6.07) is 85.4. The molecule has 5 nitrogen and oxygen atoms in total. The Hall–Kier alpha value is -9.32. The quantitative estimate of drug-likeness (QED) is 0.142. The minimum absolute atomic E-state index is 0.736. The van der Waals surface area contributed by atoms with Crippen molar-refractivity contribution in [3.63, 3.8) is 0 Å². The molecule has 0 aliphatic rings. The average Bonchev–Trinajstić information content (AvgIpc) is 4.13. The summed E-state index contributed by atoms with van der Waals surface area (Å²) in [6.45, 7) is 0. The second-order valence-corrected chi connectivity index (χ2v) is 17.5. The summed E-state index contributed by atoms with van der Waals surface area (Å²) in [5.41, 5.74) is 14.8. The van der Waals surface area contributed by atoms with Gasteiger partial charge in [-0.15, -0.1) is 0 Å². The molecule has 0 atom stereocenters. The van der Waals surface area contributed by atoms with E-state index in [1.807, 2.05) is 18.2 Å². The molecule has 69 heavy (non-hydrogen) atoms. The molecule has 0 aliphatic heterocycles. The Bertz CT molecular complexity index is 4280. The van der Waals surface area contributed by atoms with Crippen LogP contribution in [0.2, 0.25) is 0 Å². The maximum Gasteiger partial charge on any atom is 0.162 e. The molecular weight excluding hydrogens is 845 g/mol. The molecule has 3 aromatic heterocycles. The van der Waals surface area contributed by atoms with E-state index in [4.69, 9.17) is 13.3 Å². The first kappa shape index (κ1) is 38.9. The van der Waals surface area contributed by atoms with Crippen LogP contribution in [0.1, 0.15) is 0 Å². The highest BCUT2D eigenvalue weighted by molar-refractivity contribution is 6.30. The van der Waals surface area contributed by atoms with Crippen LogP contribution in [0.3, 0.4) is 0 Å². The summed E-state index contributed by atoms with van der Waals surface area (Å²) < 4.78 is 21.3. The van der Waals surface area contributed by atoms with Gasteiger partial charge in [-0.1, -0.05) is 200 Å². The van der Waals surface area contributed by atoms with Crippen molar-refractivity contribution in [1.82, 2.24) is 0 Å². The van der Waals surface area contributed by atoms with Crippen molar-refractivity contribution in [2.75, 3.05) is 9.80 Å². The highest BCUT2D eigenvalue weighted by atomic mass is 16.3. The molecule has 5 heteroatoms. The number of anilines is 6. The molecule has 0 radical (unpaired) electrons. The van der Waals surface area contributed by atoms with Gasteiger partial charge >= 0.3 is 0 Å². The van der Waals surface area contributed by atoms with Gasteiger partial charge in [0.2, 0.25) is 0 Å². The smallest absolute Gasteiger partial charge is 0.162 e. The molecule has 0 fully saturated rings. The van der Waals surface area contributed by atoms with Crippen LogP contribution < -0.4 is 9.80 Å². The first-order valence-electron chi connectivity index (χ1n) is 23.3. The van der Waals surface area contributed by atoms with Gasteiger partial charge in [0.15, 0.2) is 16.7 Å². The Morgan fingerprint density at radius 1 is 0.232 bits per heavy atom. The van der Waals surface area contributed by atoms with Gasteiger partial charge in [0, 0.05) is 48.8 Å². The molecule has 11 aromatic carbocycles. The molecule has 0 N–H and O–H groups in total. The fraction of sp³-hybridized carbons (Fsp3) is 0. The number of para-hydroxylation sites is 7. The molecule has 3 heterocycles. The third-order valence-electron chi connectivity index (χ3n) is 13.6. The van der Waals surface area contributed by atoms with Gasteiger partial charge in [0.1, 0.15) is 16.7 Å². The maximum absolute atomic E-state index is 7.42. The fourth-order valence-electron chi connectivity index (χ4n) is 10.7. The molecule has 0 amide bonds. The lowest BCUT2D eigenvalue weighted by Crippen LogP contribution is -2.15. The lowest BCUT2D eigenvalue weighted by atomic mass is 9.95. The van der Waals surface area contributed by atoms with Crippen molar-refractivity contribution in [1.29, 1.82) is 0 Å². The number of rotatable bonds is 8. The summed E-state index contributed by atoms with van der Waals surface area (Å²) in [5, 5.41) is 8.19. The first-order chi connectivity index (χ1) is 34.3. The van der Waals surface area contributed by atoms with E-state index in [1.165, 1.54) is 0 Å². The Morgan fingerprint density at radius 3 is 1.10 bits per heavy atom. The topological polar surface area (TPSA) is 45.9 Å². The summed E-state index contributed by atoms with van der Waals surface area (Å²) >= 11 is 0. The van der Waals surface area contributed by atoms with Crippen LogP contribution in [0.25, 0.3) is 98.8 Å². The normalized spacial score (nSPS) is 11.8. The van der Waals surface area contributed by atoms with Gasteiger partial charge in [0.25, 0.3) is 0 Å². The molecular formula is C64H40N2O3. The molecule has 324 valence electrons. The van der Waals surface area contributed by atoms with Gasteiger partial charge in [-0.3, -0.25) is 0 Å². The average molecular weight is 885 g/mol. The largest absolute Gasteiger partial charge is 0.454 e. The lowest BCUT2D eigenvalue weighted by Gasteiger charge is -2.33. The second kappa shape index (κ2) is 15.7. The van der Waals surface area contributed by atoms with Crippen LogP contribution in [0.5, 0.6) is 0 Å². The third-order valence-corrected chi connectivity index (χ3v) is 13.6. The van der Waals surface area contributed by atoms with E-state index >= 15 is 0 Å². The zero-order chi connectivity index (χ0) is 45.4. The van der Waals surface area contributed by atoms with Crippen LogP contribution >= 0.6 is 0 Å². The van der Waals surface area contributed by atoms with Crippen LogP contribution in [-0.2, 0) is 0 Å². The molecule has 0 aliphatic carbocycles. The number of nitrogens with zero attached hydrogens (tertiary/aromatic N) is 2. The van der Waals surface area contributed by atoms with E-state index in [1.54, 1.807) is 0 Å². The minimum atomic E-state index is 0.736. The van der Waals surface area contributed by atoms with Gasteiger partial charge in [-0.25, -0.2) is 0 Å². The predicted molar refractivity (Wildman–Crippen MR) is 286 cm³/mol. The first-order valence-corrected chi connectivity index (χ1v) is 23.3. The van der Waals surface area contributed by atoms with Crippen LogP contribution in [0.15, 0.2) is 256 Å². The highest BCUT2D eigenvalue weighted by Crippen LogP contribution is 2.57. The maximum atomic E-state index is 7.42. The monoisotopic (exact) mass is 884 g/mol. The Balaban J connectivity index is 1.17. The molecule has 0 unspecified atom stereocenters. The zero-order valence-corrected chi connectivity index (χ0v) is 37.2. The lowest BCUT2D eigenvalue weighted by molar-refractivity contribution is 0.666. The molecule has 0 saturated carbocycles. The van der Waals surface area contributed by atoms with E-state index in [-0.39, 0.29) is 0 Å². The van der Waals surface area contributed by atoms with Crippen molar-refractivity contribution in [3.8, 4) is 22.3 Å². The number of hydrogen-bond donors (Lipinski definition) is 0.